The van der Waals surface area contributed by atoms with Crippen molar-refractivity contribution in [1.29, 1.82) is 0 Å². The molecule has 4 rings (SSSR count). The second kappa shape index (κ2) is 12.2. The zero-order valence-corrected chi connectivity index (χ0v) is 22.2. The fourth-order valence-corrected chi connectivity index (χ4v) is 4.49. The van der Waals surface area contributed by atoms with Gasteiger partial charge < -0.3 is 24.4 Å². The Labute approximate surface area is 221 Å². The summed E-state index contributed by atoms with van der Waals surface area (Å²) in [5.41, 5.74) is 3.21. The van der Waals surface area contributed by atoms with Gasteiger partial charge in [0.25, 0.3) is 0 Å². The quantitative estimate of drug-likeness (QED) is 0.173. The highest BCUT2D eigenvalue weighted by atomic mass is 32.2. The maximum Gasteiger partial charge on any atom is 0.357 e. The number of benzene rings is 2. The number of aromatic nitrogens is 3. The number of hydrogen-bond acceptors (Lipinski definition) is 8. The zero-order chi connectivity index (χ0) is 26.3. The van der Waals surface area contributed by atoms with Crippen LogP contribution in [0, 0.1) is 0 Å². The molecule has 0 amide bonds. The molecule has 0 aliphatic rings. The van der Waals surface area contributed by atoms with Crippen LogP contribution in [0.3, 0.4) is 0 Å². The number of nitrogens with one attached hydrogen (secondary N) is 2. The highest BCUT2D eigenvalue weighted by Gasteiger charge is 2.20. The molecule has 2 aromatic carbocycles. The third-order valence-electron chi connectivity index (χ3n) is 6.02. The molecule has 4 aromatic rings. The number of aliphatic hydroxyl groups excluding tert-OH is 1. The molecule has 194 valence electrons. The lowest BCUT2D eigenvalue weighted by Gasteiger charge is -2.28. The number of β-amino-alcohol motifs (C(OH)–C–C–N with tert-alkyl or cyclic N) is 1. The Morgan fingerprint density at radius 3 is 2.73 bits per heavy atom. The van der Waals surface area contributed by atoms with E-state index in [0.717, 1.165) is 28.1 Å². The van der Waals surface area contributed by atoms with Gasteiger partial charge in [0.05, 0.1) is 24.6 Å². The number of nitrogens with zero attached hydrogens (tertiary/aromatic N) is 3. The number of rotatable bonds is 12. The van der Waals surface area contributed by atoms with Gasteiger partial charge in [-0.25, -0.2) is 14.8 Å². The molecule has 1 atom stereocenters. The number of aryl methyl sites for hydroxylation is 1. The van der Waals surface area contributed by atoms with Gasteiger partial charge in [0.2, 0.25) is 0 Å². The molecule has 0 saturated carbocycles. The first-order valence-corrected chi connectivity index (χ1v) is 13.2. The van der Waals surface area contributed by atoms with Crippen molar-refractivity contribution in [1.82, 2.24) is 19.9 Å². The first-order chi connectivity index (χ1) is 17.8. The van der Waals surface area contributed by atoms with Gasteiger partial charge in [0, 0.05) is 29.2 Å². The van der Waals surface area contributed by atoms with Crippen molar-refractivity contribution >= 4 is 34.8 Å². The van der Waals surface area contributed by atoms with Crippen molar-refractivity contribution in [2.75, 3.05) is 17.9 Å². The van der Waals surface area contributed by atoms with Crippen molar-refractivity contribution in [3.05, 3.63) is 84.3 Å². The van der Waals surface area contributed by atoms with Gasteiger partial charge in [0.1, 0.15) is 0 Å². The summed E-state index contributed by atoms with van der Waals surface area (Å²) in [6.45, 7) is 7.44. The normalized spacial score (nSPS) is 12.4. The maximum atomic E-state index is 11.9. The van der Waals surface area contributed by atoms with Crippen LogP contribution < -0.4 is 10.0 Å². The minimum Gasteiger partial charge on any atom is -0.461 e. The van der Waals surface area contributed by atoms with Gasteiger partial charge >= 0.3 is 5.97 Å². The van der Waals surface area contributed by atoms with Crippen LogP contribution in [-0.2, 0) is 11.3 Å². The maximum absolute atomic E-state index is 11.9. The molecule has 0 fully saturated rings. The summed E-state index contributed by atoms with van der Waals surface area (Å²) in [5, 5.41) is 14.3. The summed E-state index contributed by atoms with van der Waals surface area (Å²) in [4.78, 5) is 21.7. The average Bonchev–Trinajstić information content (AvgIpc) is 3.33. The summed E-state index contributed by atoms with van der Waals surface area (Å²) in [5.74, 6) is -0.445. The van der Waals surface area contributed by atoms with Gasteiger partial charge in [-0.3, -0.25) is 0 Å². The first-order valence-electron chi connectivity index (χ1n) is 12.3. The summed E-state index contributed by atoms with van der Waals surface area (Å²) in [7, 11) is 0. The lowest BCUT2D eigenvalue weighted by Crippen LogP contribution is -2.42. The Morgan fingerprint density at radius 2 is 1.95 bits per heavy atom. The van der Waals surface area contributed by atoms with Crippen LogP contribution in [0.5, 0.6) is 0 Å². The number of esters is 1. The van der Waals surface area contributed by atoms with Gasteiger partial charge in [-0.1, -0.05) is 30.3 Å². The van der Waals surface area contributed by atoms with E-state index in [9.17, 15) is 9.90 Å². The third-order valence-corrected chi connectivity index (χ3v) is 6.87. The van der Waals surface area contributed by atoms with Crippen molar-refractivity contribution in [3.63, 3.8) is 0 Å². The molecular formula is C28H33N5O3S. The fraction of sp³-hybridized carbons (Fsp3) is 0.321. The lowest BCUT2D eigenvalue weighted by molar-refractivity contribution is 0.0520. The summed E-state index contributed by atoms with van der Waals surface area (Å²) < 4.78 is 10.4. The van der Waals surface area contributed by atoms with Gasteiger partial charge in [-0.05, 0) is 81.1 Å². The topological polar surface area (TPSA) is 101 Å². The molecule has 0 radical (unpaired) electrons. The predicted molar refractivity (Wildman–Crippen MR) is 148 cm³/mol. The second-order valence-electron chi connectivity index (χ2n) is 9.37. The number of hydrogen-bond donors (Lipinski definition) is 3. The van der Waals surface area contributed by atoms with E-state index < -0.39 is 12.1 Å². The highest BCUT2D eigenvalue weighted by Crippen LogP contribution is 2.24. The summed E-state index contributed by atoms with van der Waals surface area (Å²) in [6, 6.07) is 21.5. The minimum absolute atomic E-state index is 0.227. The van der Waals surface area contributed by atoms with Crippen molar-refractivity contribution < 1.29 is 14.6 Å². The average molecular weight is 520 g/mol. The number of ether oxygens (including phenoxy) is 1. The van der Waals surface area contributed by atoms with Gasteiger partial charge in [-0.15, -0.1) is 0 Å². The molecule has 8 nitrogen and oxygen atoms in total. The number of anilines is 1. The summed E-state index contributed by atoms with van der Waals surface area (Å²) >= 11 is 1.54. The predicted octanol–water partition coefficient (Wildman–Crippen LogP) is 5.22. The van der Waals surface area contributed by atoms with Gasteiger partial charge in [0.15, 0.2) is 11.3 Å². The Balaban J connectivity index is 1.30. The van der Waals surface area contributed by atoms with Crippen LogP contribution in [0.15, 0.2) is 78.0 Å². The van der Waals surface area contributed by atoms with E-state index in [2.05, 4.69) is 33.9 Å². The molecule has 0 saturated heterocycles. The smallest absolute Gasteiger partial charge is 0.357 e. The number of pyridine rings is 1. The van der Waals surface area contributed by atoms with Crippen molar-refractivity contribution in [2.24, 2.45) is 0 Å². The van der Waals surface area contributed by atoms with Crippen LogP contribution in [-0.4, -0.2) is 44.3 Å². The van der Waals surface area contributed by atoms with E-state index in [1.165, 1.54) is 11.9 Å². The lowest BCUT2D eigenvalue weighted by atomic mass is 9.99. The zero-order valence-electron chi connectivity index (χ0n) is 21.3. The van der Waals surface area contributed by atoms with Crippen molar-refractivity contribution in [2.45, 2.75) is 50.3 Å². The van der Waals surface area contributed by atoms with Crippen LogP contribution in [0.4, 0.5) is 5.69 Å². The summed E-state index contributed by atoms with van der Waals surface area (Å²) in [6.07, 6.45) is 1.91. The molecule has 37 heavy (non-hydrogen) atoms. The van der Waals surface area contributed by atoms with Crippen molar-refractivity contribution in [3.8, 4) is 0 Å². The number of aliphatic hydroxyl groups is 1. The Morgan fingerprint density at radius 1 is 1.14 bits per heavy atom. The molecule has 3 N–H and O–H groups in total. The Bertz CT molecular complexity index is 1330. The van der Waals surface area contributed by atoms with E-state index >= 15 is 0 Å². The second-order valence-corrected chi connectivity index (χ2v) is 10.3. The van der Waals surface area contributed by atoms with Crippen LogP contribution in [0.2, 0.25) is 0 Å². The van der Waals surface area contributed by atoms with Crippen LogP contribution in [0.25, 0.3) is 11.2 Å². The van der Waals surface area contributed by atoms with E-state index in [0.29, 0.717) is 25.3 Å². The number of carbonyl (C=O) groups is 1. The van der Waals surface area contributed by atoms with E-state index in [-0.39, 0.29) is 11.2 Å². The molecule has 0 bridgehead atoms. The minimum atomic E-state index is -0.637. The molecule has 0 aliphatic carbocycles. The molecule has 9 heteroatoms. The molecule has 0 aliphatic heterocycles. The number of carbonyl (C=O) groups excluding carboxylic acids is 1. The van der Waals surface area contributed by atoms with Crippen LogP contribution >= 0.6 is 11.9 Å². The Hall–Kier alpha value is -3.40. The highest BCUT2D eigenvalue weighted by molar-refractivity contribution is 8.00. The van der Waals surface area contributed by atoms with E-state index in [4.69, 9.17) is 4.74 Å². The molecule has 2 heterocycles. The molecule has 2 aromatic heterocycles. The number of imidazole rings is 1. The monoisotopic (exact) mass is 519 g/mol. The largest absolute Gasteiger partial charge is 0.461 e. The first kappa shape index (κ1) is 26.7. The molecule has 0 spiro atoms. The van der Waals surface area contributed by atoms with E-state index in [1.807, 2.05) is 65.2 Å². The van der Waals surface area contributed by atoms with Crippen LogP contribution in [0.1, 0.15) is 49.3 Å². The number of fused-ring (bicyclic) bond motifs is 1. The Kier molecular flexibility index (Phi) is 8.81. The standard InChI is InChI=1S/C28H33N5O3S/c1-4-36-27(35)23-13-14-24-26(31-23)29-19-33(24)16-15-28(2,3)30-18-25(34)20-9-8-10-21(17-20)32-37-22-11-6-5-7-12-22/h5-14,17,19,25,30,32,34H,4,15-16,18H2,1-3H3. The van der Waals surface area contributed by atoms with Gasteiger partial charge in [-0.2, -0.15) is 0 Å². The SMILES string of the molecule is CCOC(=O)c1ccc2c(ncn2CCC(C)(C)NCC(O)c2cccc(NSc3ccccc3)c2)n1. The van der Waals surface area contributed by atoms with E-state index in [1.54, 1.807) is 19.3 Å². The molecular weight excluding hydrogens is 486 g/mol. The third kappa shape index (κ3) is 7.31. The molecule has 1 unspecified atom stereocenters. The fourth-order valence-electron chi connectivity index (χ4n) is 3.84.